The van der Waals surface area contributed by atoms with Crippen molar-refractivity contribution < 1.29 is 18.4 Å². The quantitative estimate of drug-likeness (QED) is 0.135. The maximum atomic E-state index is 16.2. The molecule has 0 spiro atoms. The molecule has 8 unspecified atom stereocenters. The van der Waals surface area contributed by atoms with Gasteiger partial charge in [-0.25, -0.2) is 8.78 Å². The fourth-order valence-corrected chi connectivity index (χ4v) is 9.41. The second-order valence-corrected chi connectivity index (χ2v) is 15.5. The molecule has 266 valence electrons. The van der Waals surface area contributed by atoms with Gasteiger partial charge in [-0.3, -0.25) is 14.5 Å². The van der Waals surface area contributed by atoms with E-state index in [9.17, 15) is 9.59 Å². The van der Waals surface area contributed by atoms with E-state index < -0.39 is 36.0 Å². The summed E-state index contributed by atoms with van der Waals surface area (Å²) in [4.78, 5) is 30.6. The number of unbranched alkanes of at least 4 members (excludes halogenated alkanes) is 6. The van der Waals surface area contributed by atoms with E-state index in [-0.39, 0.29) is 41.8 Å². The molecule has 11 heteroatoms. The fraction of sp³-hybridized carbons (Fsp3) is 0.943. The Bertz CT molecular complexity index is 998. The summed E-state index contributed by atoms with van der Waals surface area (Å²) in [6.45, 7) is 11.2. The van der Waals surface area contributed by atoms with Gasteiger partial charge in [-0.2, -0.15) is 0 Å². The number of hydrogen-bond acceptors (Lipinski definition) is 7. The average Bonchev–Trinajstić information content (AvgIpc) is 3.55. The van der Waals surface area contributed by atoms with E-state index in [0.29, 0.717) is 45.6 Å². The molecular weight excluding hydrogens is 588 g/mol. The maximum absolute atomic E-state index is 16.2. The van der Waals surface area contributed by atoms with Crippen LogP contribution in [0.4, 0.5) is 8.78 Å². The second kappa shape index (κ2) is 16.3. The summed E-state index contributed by atoms with van der Waals surface area (Å²) in [6.07, 6.45) is 9.30. The number of hydrogen-bond donors (Lipinski definition) is 5. The molecule has 7 N–H and O–H groups in total. The molecular formula is C35H65F2N7O2. The number of nitrogens with one attached hydrogen (secondary N) is 3. The Morgan fingerprint density at radius 3 is 2.24 bits per heavy atom. The molecule has 3 aliphatic heterocycles. The summed E-state index contributed by atoms with van der Waals surface area (Å²) < 4.78 is 31.5. The fourth-order valence-electron chi connectivity index (χ4n) is 9.41. The minimum Gasteiger partial charge on any atom is -0.347 e. The van der Waals surface area contributed by atoms with E-state index in [1.807, 2.05) is 0 Å². The number of halogens is 2. The summed E-state index contributed by atoms with van der Waals surface area (Å²) in [5.41, 5.74) is 11.9. The van der Waals surface area contributed by atoms with Crippen LogP contribution in [-0.2, 0) is 9.59 Å². The van der Waals surface area contributed by atoms with Gasteiger partial charge in [-0.1, -0.05) is 72.1 Å². The van der Waals surface area contributed by atoms with Gasteiger partial charge in [-0.05, 0) is 42.9 Å². The SMILES string of the molecule is CCCCCCCC1(NC(=O)C(C(N)N)C2CC3(CCCCC)CC3(C)CC(F)CN2)CNCC(F)C1N1CCN(C(C)=O)CC1. The minimum absolute atomic E-state index is 0.0264. The Kier molecular flexibility index (Phi) is 13.3. The number of fused-ring (bicyclic) bond motifs is 1. The molecule has 1 aliphatic carbocycles. The average molecular weight is 654 g/mol. The standard InChI is InChI=1S/C35H65F2N7O2/c1-5-7-9-10-12-14-35(24-40-22-27(37)30(35)44-17-15-43(16-18-44)25(3)45)42-32(46)29(31(38)39)28-20-34(13-11-8-6-2)23-33(34,4)19-26(36)21-41-28/h26-31,40-41H,5-24,38-39H2,1-4H3,(H,42,46). The van der Waals surface area contributed by atoms with Crippen molar-refractivity contribution in [3.8, 4) is 0 Å². The Hall–Kier alpha value is -1.40. The molecule has 0 bridgehead atoms. The predicted molar refractivity (Wildman–Crippen MR) is 181 cm³/mol. The summed E-state index contributed by atoms with van der Waals surface area (Å²) in [7, 11) is 0. The lowest BCUT2D eigenvalue weighted by molar-refractivity contribution is -0.133. The van der Waals surface area contributed by atoms with E-state index in [0.717, 1.165) is 70.6 Å². The highest BCUT2D eigenvalue weighted by Gasteiger charge is 2.65. The molecule has 0 aromatic carbocycles. The third-order valence-corrected chi connectivity index (χ3v) is 12.1. The predicted octanol–water partition coefficient (Wildman–Crippen LogP) is 3.60. The molecule has 9 nitrogen and oxygen atoms in total. The monoisotopic (exact) mass is 654 g/mol. The zero-order valence-corrected chi connectivity index (χ0v) is 29.2. The smallest absolute Gasteiger partial charge is 0.228 e. The number of alkyl halides is 2. The lowest BCUT2D eigenvalue weighted by atomic mass is 9.75. The van der Waals surface area contributed by atoms with Gasteiger partial charge in [0.1, 0.15) is 12.3 Å². The first-order valence-corrected chi connectivity index (χ1v) is 18.5. The summed E-state index contributed by atoms with van der Waals surface area (Å²) in [5.74, 6) is -1.03. The van der Waals surface area contributed by atoms with Gasteiger partial charge < -0.3 is 32.3 Å². The number of piperidine rings is 1. The van der Waals surface area contributed by atoms with Crippen LogP contribution in [0, 0.1) is 16.7 Å². The summed E-state index contributed by atoms with van der Waals surface area (Å²) in [6, 6.07) is -0.917. The van der Waals surface area contributed by atoms with Gasteiger partial charge in [0.25, 0.3) is 0 Å². The van der Waals surface area contributed by atoms with Crippen molar-refractivity contribution >= 4 is 11.8 Å². The Morgan fingerprint density at radius 2 is 1.59 bits per heavy atom. The highest BCUT2D eigenvalue weighted by atomic mass is 19.1. The van der Waals surface area contributed by atoms with E-state index in [2.05, 4.69) is 41.6 Å². The van der Waals surface area contributed by atoms with E-state index in [1.165, 1.54) is 0 Å². The topological polar surface area (TPSA) is 129 Å². The van der Waals surface area contributed by atoms with Crippen LogP contribution in [0.5, 0.6) is 0 Å². The molecule has 46 heavy (non-hydrogen) atoms. The molecule has 1 saturated carbocycles. The van der Waals surface area contributed by atoms with Crippen molar-refractivity contribution in [3.05, 3.63) is 0 Å². The molecule has 3 saturated heterocycles. The first-order valence-electron chi connectivity index (χ1n) is 18.5. The van der Waals surface area contributed by atoms with Crippen LogP contribution in [0.1, 0.15) is 111 Å². The number of nitrogens with zero attached hydrogens (tertiary/aromatic N) is 2. The van der Waals surface area contributed by atoms with Crippen molar-refractivity contribution in [1.82, 2.24) is 25.8 Å². The highest BCUT2D eigenvalue weighted by Crippen LogP contribution is 2.71. The number of nitrogens with two attached hydrogens (primary N) is 2. The third-order valence-electron chi connectivity index (χ3n) is 12.1. The van der Waals surface area contributed by atoms with Crippen LogP contribution in [0.15, 0.2) is 0 Å². The number of carbonyl (C=O) groups is 2. The number of rotatable bonds is 15. The number of amides is 2. The zero-order valence-electron chi connectivity index (χ0n) is 29.2. The Balaban J connectivity index is 1.60. The Labute approximate surface area is 277 Å². The lowest BCUT2D eigenvalue weighted by Gasteiger charge is -2.53. The van der Waals surface area contributed by atoms with Crippen LogP contribution in [0.2, 0.25) is 0 Å². The van der Waals surface area contributed by atoms with E-state index >= 15 is 8.78 Å². The zero-order chi connectivity index (χ0) is 33.5. The van der Waals surface area contributed by atoms with Crippen molar-refractivity contribution in [2.45, 2.75) is 147 Å². The number of carbonyl (C=O) groups excluding carboxylic acids is 2. The molecule has 0 aromatic heterocycles. The molecule has 8 atom stereocenters. The van der Waals surface area contributed by atoms with Crippen molar-refractivity contribution in [1.29, 1.82) is 0 Å². The van der Waals surface area contributed by atoms with E-state index in [1.54, 1.807) is 11.8 Å². The lowest BCUT2D eigenvalue weighted by Crippen LogP contribution is -2.76. The third kappa shape index (κ3) is 8.60. The van der Waals surface area contributed by atoms with Gasteiger partial charge in [-0.15, -0.1) is 0 Å². The van der Waals surface area contributed by atoms with Crippen molar-refractivity contribution in [2.24, 2.45) is 28.2 Å². The van der Waals surface area contributed by atoms with Crippen molar-refractivity contribution in [2.75, 3.05) is 45.8 Å². The summed E-state index contributed by atoms with van der Waals surface area (Å²) >= 11 is 0. The molecule has 4 rings (SSSR count). The normalized spacial score (nSPS) is 36.1. The van der Waals surface area contributed by atoms with Gasteiger partial charge >= 0.3 is 0 Å². The minimum atomic E-state index is -1.20. The van der Waals surface area contributed by atoms with Crippen LogP contribution in [0.25, 0.3) is 0 Å². The molecule has 2 amide bonds. The van der Waals surface area contributed by atoms with Crippen LogP contribution >= 0.6 is 0 Å². The Morgan fingerprint density at radius 1 is 0.935 bits per heavy atom. The first kappa shape index (κ1) is 37.4. The second-order valence-electron chi connectivity index (χ2n) is 15.5. The first-order chi connectivity index (χ1) is 21.9. The van der Waals surface area contributed by atoms with Crippen LogP contribution in [-0.4, -0.2) is 104 Å². The molecule has 3 heterocycles. The maximum Gasteiger partial charge on any atom is 0.228 e. The molecule has 4 fully saturated rings. The molecule has 4 aliphatic rings. The highest BCUT2D eigenvalue weighted by molar-refractivity contribution is 5.81. The van der Waals surface area contributed by atoms with Gasteiger partial charge in [0.15, 0.2) is 0 Å². The largest absolute Gasteiger partial charge is 0.347 e. The summed E-state index contributed by atoms with van der Waals surface area (Å²) in [5, 5.41) is 10.1. The van der Waals surface area contributed by atoms with Gasteiger partial charge in [0.05, 0.1) is 23.7 Å². The van der Waals surface area contributed by atoms with Crippen LogP contribution in [0.3, 0.4) is 0 Å². The van der Waals surface area contributed by atoms with Gasteiger partial charge in [0, 0.05) is 58.8 Å². The van der Waals surface area contributed by atoms with E-state index in [4.69, 9.17) is 11.5 Å². The van der Waals surface area contributed by atoms with Crippen LogP contribution < -0.4 is 27.4 Å². The molecule has 0 radical (unpaired) electrons. The van der Waals surface area contributed by atoms with Crippen molar-refractivity contribution in [3.63, 3.8) is 0 Å². The van der Waals surface area contributed by atoms with Gasteiger partial charge in [0.2, 0.25) is 11.8 Å². The number of piperazine rings is 1. The molecule has 0 aromatic rings.